The van der Waals surface area contributed by atoms with E-state index in [1.807, 2.05) is 0 Å². The van der Waals surface area contributed by atoms with Gasteiger partial charge in [-0.25, -0.2) is 9.59 Å². The number of amides is 2. The zero-order chi connectivity index (χ0) is 37.5. The van der Waals surface area contributed by atoms with Crippen LogP contribution in [0.4, 0.5) is 69.3 Å². The first-order chi connectivity index (χ1) is 23.2. The Morgan fingerprint density at radius 1 is 0.600 bits per heavy atom. The fourth-order valence-electron chi connectivity index (χ4n) is 3.62. The predicted molar refractivity (Wildman–Crippen MR) is 151 cm³/mol. The fraction of sp³-hybridized carbons (Fsp3) is 0.267. The second-order valence-corrected chi connectivity index (χ2v) is 9.72. The summed E-state index contributed by atoms with van der Waals surface area (Å²) in [6, 6.07) is 10.8. The first kappa shape index (κ1) is 39.0. The molecule has 0 atom stereocenters. The van der Waals surface area contributed by atoms with E-state index in [0.717, 1.165) is 6.07 Å². The molecule has 0 saturated carbocycles. The molecular formula is C30H23F11N2O7. The van der Waals surface area contributed by atoms with Crippen LogP contribution in [0.1, 0.15) is 11.1 Å². The number of nitrogens with one attached hydrogen (secondary N) is 2. The highest BCUT2D eigenvalue weighted by Gasteiger charge is 2.83. The van der Waals surface area contributed by atoms with Crippen LogP contribution in [0, 0.1) is 0 Å². The lowest BCUT2D eigenvalue weighted by Gasteiger charge is -2.32. The van der Waals surface area contributed by atoms with Crippen LogP contribution in [-0.2, 0) is 22.7 Å². The van der Waals surface area contributed by atoms with E-state index in [1.54, 1.807) is 24.3 Å². The maximum absolute atomic E-state index is 14.3. The predicted octanol–water partition coefficient (Wildman–Crippen LogP) is 9.16. The van der Waals surface area contributed by atoms with Gasteiger partial charge in [0.05, 0.1) is 25.6 Å². The van der Waals surface area contributed by atoms with Gasteiger partial charge < -0.3 is 23.7 Å². The Labute approximate surface area is 274 Å². The number of ether oxygens (including phenoxy) is 5. The molecule has 0 aromatic heterocycles. The van der Waals surface area contributed by atoms with Crippen LogP contribution < -0.4 is 24.8 Å². The highest BCUT2D eigenvalue weighted by atomic mass is 19.4. The van der Waals surface area contributed by atoms with Crippen LogP contribution in [0.3, 0.4) is 0 Å². The van der Waals surface area contributed by atoms with E-state index < -0.39 is 65.1 Å². The summed E-state index contributed by atoms with van der Waals surface area (Å²) in [4.78, 5) is 25.0. The number of hydrogen-bond acceptors (Lipinski definition) is 7. The van der Waals surface area contributed by atoms with Gasteiger partial charge in [-0.3, -0.25) is 10.6 Å². The highest BCUT2D eigenvalue weighted by molar-refractivity contribution is 5.95. The first-order valence-corrected chi connectivity index (χ1v) is 13.4. The summed E-state index contributed by atoms with van der Waals surface area (Å²) in [7, 11) is 2.82. The Balaban J connectivity index is 1.86. The maximum Gasteiger partial charge on any atom is 0.460 e. The molecule has 0 spiro atoms. The molecular weight excluding hydrogens is 709 g/mol. The molecule has 2 N–H and O–H groups in total. The maximum atomic E-state index is 14.3. The van der Waals surface area contributed by atoms with Gasteiger partial charge >= 0.3 is 42.1 Å². The van der Waals surface area contributed by atoms with Crippen molar-refractivity contribution in [3.8, 4) is 17.2 Å². The van der Waals surface area contributed by atoms with E-state index in [4.69, 9.17) is 18.9 Å². The Morgan fingerprint density at radius 2 is 1.02 bits per heavy atom. The van der Waals surface area contributed by atoms with Crippen LogP contribution in [0.25, 0.3) is 0 Å². The number of halogens is 11. The minimum Gasteiger partial charge on any atom is -0.497 e. The monoisotopic (exact) mass is 732 g/mol. The van der Waals surface area contributed by atoms with Gasteiger partial charge in [-0.2, -0.15) is 48.3 Å². The largest absolute Gasteiger partial charge is 0.497 e. The molecule has 0 heterocycles. The number of benzene rings is 3. The molecule has 0 aliphatic rings. The lowest BCUT2D eigenvalue weighted by molar-refractivity contribution is -0.392. The van der Waals surface area contributed by atoms with Crippen LogP contribution in [0.15, 0.2) is 78.6 Å². The molecule has 272 valence electrons. The number of alkyl halides is 9. The smallest absolute Gasteiger partial charge is 0.460 e. The van der Waals surface area contributed by atoms with E-state index in [-0.39, 0.29) is 13.2 Å². The summed E-state index contributed by atoms with van der Waals surface area (Å²) in [6.45, 7) is -0.668. The van der Waals surface area contributed by atoms with Crippen molar-refractivity contribution in [2.75, 3.05) is 24.9 Å². The molecule has 0 aliphatic carbocycles. The molecule has 3 rings (SSSR count). The topological polar surface area (TPSA) is 104 Å². The van der Waals surface area contributed by atoms with Gasteiger partial charge in [-0.05, 0) is 47.5 Å². The van der Waals surface area contributed by atoms with E-state index in [0.29, 0.717) is 34.8 Å². The van der Waals surface area contributed by atoms with Crippen LogP contribution in [0.2, 0.25) is 0 Å². The third kappa shape index (κ3) is 8.97. The van der Waals surface area contributed by atoms with E-state index in [9.17, 15) is 57.9 Å². The van der Waals surface area contributed by atoms with Crippen molar-refractivity contribution in [2.24, 2.45) is 0 Å². The molecule has 0 unspecified atom stereocenters. The van der Waals surface area contributed by atoms with Crippen molar-refractivity contribution >= 4 is 23.6 Å². The van der Waals surface area contributed by atoms with Gasteiger partial charge in [0.2, 0.25) is 5.83 Å². The van der Waals surface area contributed by atoms with Gasteiger partial charge in [0.1, 0.15) is 30.5 Å². The average molecular weight is 732 g/mol. The second kappa shape index (κ2) is 15.4. The SMILES string of the molecule is COc1ccc(COC(=O)Nc2ccc(OC(F)=C(F)C(F)(F)C(F)(F)C(F)(F)C(F)(F)F)cc2NC(=O)OCc2ccc(OC)cc2)cc1. The summed E-state index contributed by atoms with van der Waals surface area (Å²) < 4.78 is 171. The molecule has 3 aromatic carbocycles. The van der Waals surface area contributed by atoms with Gasteiger partial charge in [-0.15, -0.1) is 0 Å². The van der Waals surface area contributed by atoms with Crippen molar-refractivity contribution < 1.29 is 81.6 Å². The molecule has 20 heteroatoms. The third-order valence-electron chi connectivity index (χ3n) is 6.32. The highest BCUT2D eigenvalue weighted by Crippen LogP contribution is 2.55. The Morgan fingerprint density at radius 3 is 1.44 bits per heavy atom. The molecule has 0 aliphatic heterocycles. The van der Waals surface area contributed by atoms with Crippen molar-refractivity contribution in [3.63, 3.8) is 0 Å². The third-order valence-corrected chi connectivity index (χ3v) is 6.32. The Hall–Kier alpha value is -5.43. The summed E-state index contributed by atoms with van der Waals surface area (Å²) in [5.74, 6) is -26.4. The minimum atomic E-state index is -7.52. The molecule has 0 radical (unpaired) electrons. The second-order valence-electron chi connectivity index (χ2n) is 9.72. The first-order valence-electron chi connectivity index (χ1n) is 13.4. The van der Waals surface area contributed by atoms with Crippen LogP contribution in [0.5, 0.6) is 17.2 Å². The summed E-state index contributed by atoms with van der Waals surface area (Å²) >= 11 is 0. The van der Waals surface area contributed by atoms with Crippen molar-refractivity contribution in [1.82, 2.24) is 0 Å². The van der Waals surface area contributed by atoms with Gasteiger partial charge in [0.15, 0.2) is 0 Å². The van der Waals surface area contributed by atoms with E-state index >= 15 is 0 Å². The van der Waals surface area contributed by atoms with Gasteiger partial charge in [0.25, 0.3) is 0 Å². The fourth-order valence-corrected chi connectivity index (χ4v) is 3.62. The number of rotatable bonds is 13. The average Bonchev–Trinajstić information content (AvgIpc) is 3.06. The Kier molecular flexibility index (Phi) is 12.0. The van der Waals surface area contributed by atoms with Crippen molar-refractivity contribution in [3.05, 3.63) is 89.7 Å². The summed E-state index contributed by atoms with van der Waals surface area (Å²) in [5, 5.41) is 4.21. The molecule has 0 fully saturated rings. The summed E-state index contributed by atoms with van der Waals surface area (Å²) in [6.07, 6.45) is -9.75. The van der Waals surface area contributed by atoms with Crippen molar-refractivity contribution in [2.45, 2.75) is 37.2 Å². The van der Waals surface area contributed by atoms with Crippen LogP contribution >= 0.6 is 0 Å². The zero-order valence-corrected chi connectivity index (χ0v) is 25.3. The Bertz CT molecular complexity index is 1680. The number of methoxy groups -OCH3 is 2. The van der Waals surface area contributed by atoms with Gasteiger partial charge in [0, 0.05) is 6.07 Å². The number of carbonyl (C=O) groups is 2. The lowest BCUT2D eigenvalue weighted by atomic mass is 10.0. The molecule has 9 nitrogen and oxygen atoms in total. The molecule has 50 heavy (non-hydrogen) atoms. The molecule has 0 bridgehead atoms. The molecule has 2 amide bonds. The quantitative estimate of drug-likeness (QED) is 0.133. The van der Waals surface area contributed by atoms with E-state index in [1.165, 1.54) is 38.5 Å². The number of hydrogen-bond donors (Lipinski definition) is 2. The lowest BCUT2D eigenvalue weighted by Crippen LogP contribution is -2.61. The number of anilines is 2. The standard InChI is InChI=1S/C30H23F11N2O7/c1-46-18-7-3-16(4-8-18)14-48-25(44)42-21-12-11-20(13-22(21)43-26(45)49-15-17-5-9-19(47-2)10-6-17)50-24(32)23(31)27(33,34)28(35,36)29(37,38)30(39,40)41/h3-13H,14-15H2,1-2H3,(H,42,44)(H,43,45). The summed E-state index contributed by atoms with van der Waals surface area (Å²) in [5.41, 5.74) is -0.0811. The zero-order valence-electron chi connectivity index (χ0n) is 25.3. The number of carbonyl (C=O) groups excluding carboxylic acids is 2. The van der Waals surface area contributed by atoms with E-state index in [2.05, 4.69) is 15.4 Å². The minimum absolute atomic E-state index is 0.300. The normalized spacial score (nSPS) is 12.7. The number of allylic oxidation sites excluding steroid dienone is 1. The van der Waals surface area contributed by atoms with Crippen LogP contribution in [-0.4, -0.2) is 50.3 Å². The molecule has 0 saturated heterocycles. The molecule has 3 aromatic rings. The van der Waals surface area contributed by atoms with Crippen molar-refractivity contribution in [1.29, 1.82) is 0 Å². The van der Waals surface area contributed by atoms with Gasteiger partial charge in [-0.1, -0.05) is 24.3 Å².